The summed E-state index contributed by atoms with van der Waals surface area (Å²) in [5.74, 6) is 1.03. The minimum Gasteiger partial charge on any atom is -0.367 e. The number of aromatic nitrogens is 4. The van der Waals surface area contributed by atoms with Gasteiger partial charge in [-0.1, -0.05) is 6.42 Å². The molecule has 6 nitrogen and oxygen atoms in total. The molecule has 0 spiro atoms. The van der Waals surface area contributed by atoms with Gasteiger partial charge in [0.1, 0.15) is 12.1 Å². The summed E-state index contributed by atoms with van der Waals surface area (Å²) in [6, 6.07) is 4.03. The highest BCUT2D eigenvalue weighted by Gasteiger charge is 2.25. The first-order chi connectivity index (χ1) is 12.7. The molecule has 0 atom stereocenters. The molecule has 2 heterocycles. The molecule has 0 aromatic carbocycles. The van der Waals surface area contributed by atoms with Gasteiger partial charge in [0.05, 0.1) is 11.7 Å². The number of hydrogen-bond donors (Lipinski definition) is 1. The Morgan fingerprint density at radius 3 is 2.69 bits per heavy atom. The van der Waals surface area contributed by atoms with Gasteiger partial charge in [-0.2, -0.15) is 5.10 Å². The number of hydrogen-bond acceptors (Lipinski definition) is 5. The number of fused-ring (bicyclic) bond motifs is 1. The molecule has 26 heavy (non-hydrogen) atoms. The highest BCUT2D eigenvalue weighted by molar-refractivity contribution is 5.47. The van der Waals surface area contributed by atoms with Crippen molar-refractivity contribution in [2.75, 3.05) is 5.32 Å². The lowest BCUT2D eigenvalue weighted by atomic mass is 9.91. The predicted octanol–water partition coefficient (Wildman–Crippen LogP) is 3.21. The lowest BCUT2D eigenvalue weighted by Gasteiger charge is -2.30. The smallest absolute Gasteiger partial charge is 0.267 e. The van der Waals surface area contributed by atoms with Crippen molar-refractivity contribution in [1.29, 1.82) is 0 Å². The monoisotopic (exact) mass is 353 g/mol. The van der Waals surface area contributed by atoms with Crippen LogP contribution >= 0.6 is 0 Å². The van der Waals surface area contributed by atoms with Crippen molar-refractivity contribution in [2.24, 2.45) is 0 Å². The normalized spacial score (nSPS) is 23.1. The van der Waals surface area contributed by atoms with Crippen LogP contribution in [0.3, 0.4) is 0 Å². The first-order valence-corrected chi connectivity index (χ1v) is 9.86. The van der Waals surface area contributed by atoms with Crippen LogP contribution in [0.5, 0.6) is 0 Å². The molecule has 6 heteroatoms. The summed E-state index contributed by atoms with van der Waals surface area (Å²) in [5.41, 5.74) is 3.45. The van der Waals surface area contributed by atoms with Crippen molar-refractivity contribution in [2.45, 2.75) is 76.8 Å². The van der Waals surface area contributed by atoms with Gasteiger partial charge >= 0.3 is 0 Å². The number of aryl methyl sites for hydroxylation is 2. The maximum Gasteiger partial charge on any atom is 0.267 e. The Morgan fingerprint density at radius 1 is 1.04 bits per heavy atom. The zero-order chi connectivity index (χ0) is 17.9. The molecule has 1 N–H and O–H groups in total. The number of anilines is 1. The summed E-state index contributed by atoms with van der Waals surface area (Å²) in [4.78, 5) is 21.2. The Kier molecular flexibility index (Phi) is 5.00. The minimum absolute atomic E-state index is 0.00753. The van der Waals surface area contributed by atoms with Gasteiger partial charge in [0, 0.05) is 23.4 Å². The van der Waals surface area contributed by atoms with Gasteiger partial charge in [-0.3, -0.25) is 4.79 Å². The van der Waals surface area contributed by atoms with Crippen LogP contribution in [0.2, 0.25) is 0 Å². The fraction of sp³-hybridized carbons (Fsp3) is 0.600. The van der Waals surface area contributed by atoms with Gasteiger partial charge in [0.25, 0.3) is 5.56 Å². The molecule has 2 aliphatic carbocycles. The lowest BCUT2D eigenvalue weighted by Crippen LogP contribution is -2.33. The SMILES string of the molecule is Cc1ccc(=O)n(C2CCC(Nc3ncnc4c3CCCCC4)CC2)n1. The Labute approximate surface area is 154 Å². The molecular weight excluding hydrogens is 326 g/mol. The van der Waals surface area contributed by atoms with E-state index in [1.165, 1.54) is 30.5 Å². The predicted molar refractivity (Wildman–Crippen MR) is 101 cm³/mol. The summed E-state index contributed by atoms with van der Waals surface area (Å²) in [6.07, 6.45) is 11.6. The van der Waals surface area contributed by atoms with Crippen LogP contribution in [0.25, 0.3) is 0 Å². The first kappa shape index (κ1) is 17.2. The number of nitrogens with zero attached hydrogens (tertiary/aromatic N) is 4. The lowest BCUT2D eigenvalue weighted by molar-refractivity contribution is 0.302. The van der Waals surface area contributed by atoms with E-state index in [-0.39, 0.29) is 11.6 Å². The first-order valence-electron chi connectivity index (χ1n) is 9.86. The van der Waals surface area contributed by atoms with Crippen molar-refractivity contribution < 1.29 is 0 Å². The molecule has 0 saturated heterocycles. The van der Waals surface area contributed by atoms with Crippen molar-refractivity contribution in [3.05, 3.63) is 45.8 Å². The largest absolute Gasteiger partial charge is 0.367 e. The van der Waals surface area contributed by atoms with Crippen molar-refractivity contribution in [1.82, 2.24) is 19.7 Å². The second kappa shape index (κ2) is 7.56. The molecule has 1 fully saturated rings. The van der Waals surface area contributed by atoms with Crippen molar-refractivity contribution in [3.63, 3.8) is 0 Å². The molecule has 4 rings (SSSR count). The quantitative estimate of drug-likeness (QED) is 0.858. The number of rotatable bonds is 3. The van der Waals surface area contributed by atoms with E-state index >= 15 is 0 Å². The molecule has 2 aromatic rings. The molecular formula is C20H27N5O. The molecule has 138 valence electrons. The van der Waals surface area contributed by atoms with Crippen LogP contribution < -0.4 is 10.9 Å². The Morgan fingerprint density at radius 2 is 1.85 bits per heavy atom. The van der Waals surface area contributed by atoms with E-state index in [9.17, 15) is 4.79 Å². The van der Waals surface area contributed by atoms with Gasteiger partial charge in [-0.15, -0.1) is 0 Å². The van der Waals surface area contributed by atoms with Crippen LogP contribution in [0.4, 0.5) is 5.82 Å². The van der Waals surface area contributed by atoms with Crippen LogP contribution in [0.15, 0.2) is 23.3 Å². The molecule has 0 aliphatic heterocycles. The summed E-state index contributed by atoms with van der Waals surface area (Å²) in [6.45, 7) is 1.93. The summed E-state index contributed by atoms with van der Waals surface area (Å²) < 4.78 is 1.68. The average molecular weight is 353 g/mol. The minimum atomic E-state index is 0.00753. The van der Waals surface area contributed by atoms with E-state index in [1.54, 1.807) is 23.1 Å². The highest BCUT2D eigenvalue weighted by atomic mass is 16.1. The Balaban J connectivity index is 1.43. The fourth-order valence-corrected chi connectivity index (χ4v) is 4.26. The number of nitrogens with one attached hydrogen (secondary N) is 1. The maximum atomic E-state index is 12.1. The molecule has 1 saturated carbocycles. The molecule has 0 unspecified atom stereocenters. The van der Waals surface area contributed by atoms with Crippen molar-refractivity contribution >= 4 is 5.82 Å². The fourth-order valence-electron chi connectivity index (χ4n) is 4.26. The average Bonchev–Trinajstić information content (AvgIpc) is 2.91. The van der Waals surface area contributed by atoms with Gasteiger partial charge in [-0.05, 0) is 64.4 Å². The second-order valence-electron chi connectivity index (χ2n) is 7.62. The molecule has 0 bridgehead atoms. The molecule has 0 radical (unpaired) electrons. The third-order valence-corrected chi connectivity index (χ3v) is 5.72. The van der Waals surface area contributed by atoms with Gasteiger partial charge in [0.2, 0.25) is 0 Å². The molecule has 2 aliphatic rings. The van der Waals surface area contributed by atoms with E-state index in [2.05, 4.69) is 20.4 Å². The summed E-state index contributed by atoms with van der Waals surface area (Å²) in [5, 5.41) is 8.11. The third-order valence-electron chi connectivity index (χ3n) is 5.72. The standard InChI is InChI=1S/C20H27N5O/c1-14-7-12-19(26)25(24-14)16-10-8-15(9-11-16)23-20-17-5-3-2-4-6-18(17)21-13-22-20/h7,12-13,15-16H,2-6,8-11H2,1H3,(H,21,22,23). The topological polar surface area (TPSA) is 72.7 Å². The van der Waals surface area contributed by atoms with E-state index in [4.69, 9.17) is 0 Å². The second-order valence-corrected chi connectivity index (χ2v) is 7.62. The van der Waals surface area contributed by atoms with Gasteiger partial charge in [0.15, 0.2) is 0 Å². The zero-order valence-corrected chi connectivity index (χ0v) is 15.4. The van der Waals surface area contributed by atoms with Crippen LogP contribution in [-0.4, -0.2) is 25.8 Å². The van der Waals surface area contributed by atoms with Gasteiger partial charge < -0.3 is 5.32 Å². The van der Waals surface area contributed by atoms with Crippen LogP contribution in [-0.2, 0) is 12.8 Å². The summed E-state index contributed by atoms with van der Waals surface area (Å²) >= 11 is 0. The van der Waals surface area contributed by atoms with Crippen LogP contribution in [0.1, 0.15) is 67.9 Å². The maximum absolute atomic E-state index is 12.1. The molecule has 0 amide bonds. The van der Waals surface area contributed by atoms with E-state index in [1.807, 2.05) is 6.92 Å². The van der Waals surface area contributed by atoms with E-state index in [0.717, 1.165) is 50.0 Å². The summed E-state index contributed by atoms with van der Waals surface area (Å²) in [7, 11) is 0. The van der Waals surface area contributed by atoms with Crippen LogP contribution in [0, 0.1) is 6.92 Å². The molecule has 2 aromatic heterocycles. The van der Waals surface area contributed by atoms with E-state index in [0.29, 0.717) is 6.04 Å². The third kappa shape index (κ3) is 3.64. The Bertz CT molecular complexity index is 823. The Hall–Kier alpha value is -2.24. The zero-order valence-electron chi connectivity index (χ0n) is 15.4. The van der Waals surface area contributed by atoms with Crippen molar-refractivity contribution in [3.8, 4) is 0 Å². The highest BCUT2D eigenvalue weighted by Crippen LogP contribution is 2.30. The van der Waals surface area contributed by atoms with E-state index < -0.39 is 0 Å². The van der Waals surface area contributed by atoms with Gasteiger partial charge in [-0.25, -0.2) is 14.6 Å².